The topological polar surface area (TPSA) is 75.8 Å². The van der Waals surface area contributed by atoms with Gasteiger partial charge in [0.05, 0.1) is 27.4 Å². The molecule has 0 atom stereocenters. The molecule has 0 aliphatic rings. The summed E-state index contributed by atoms with van der Waals surface area (Å²) in [5.74, 6) is 3.98. The largest absolute Gasteiger partial charge is 0.494 e. The summed E-state index contributed by atoms with van der Waals surface area (Å²) >= 11 is 1.44. The van der Waals surface area contributed by atoms with Crippen molar-refractivity contribution < 1.29 is 23.4 Å². The highest BCUT2D eigenvalue weighted by atomic mass is 32.2. The van der Waals surface area contributed by atoms with E-state index < -0.39 is 0 Å². The van der Waals surface area contributed by atoms with E-state index in [0.717, 1.165) is 17.1 Å². The average Bonchev–Trinajstić information content (AvgIpc) is 3.21. The van der Waals surface area contributed by atoms with E-state index in [2.05, 4.69) is 10.2 Å². The molecule has 2 aromatic carbocycles. The second kappa shape index (κ2) is 9.89. The van der Waals surface area contributed by atoms with E-state index in [0.29, 0.717) is 41.6 Å². The Kier molecular flexibility index (Phi) is 7.02. The molecule has 0 radical (unpaired) electrons. The summed E-state index contributed by atoms with van der Waals surface area (Å²) in [6.07, 6.45) is 0. The monoisotopic (exact) mass is 402 g/mol. The van der Waals surface area contributed by atoms with Gasteiger partial charge in [-0.25, -0.2) is 0 Å². The summed E-state index contributed by atoms with van der Waals surface area (Å²) in [6, 6.07) is 13.0. The Morgan fingerprint density at radius 2 is 1.61 bits per heavy atom. The third-order valence-electron chi connectivity index (χ3n) is 3.75. The van der Waals surface area contributed by atoms with E-state index in [9.17, 15) is 0 Å². The Morgan fingerprint density at radius 1 is 0.893 bits per heavy atom. The van der Waals surface area contributed by atoms with Crippen LogP contribution in [0.1, 0.15) is 6.92 Å². The minimum absolute atomic E-state index is 0.427. The van der Waals surface area contributed by atoms with Crippen molar-refractivity contribution in [1.82, 2.24) is 10.2 Å². The average molecular weight is 402 g/mol. The Morgan fingerprint density at radius 3 is 2.29 bits per heavy atom. The second-order valence-corrected chi connectivity index (χ2v) is 6.59. The summed E-state index contributed by atoms with van der Waals surface area (Å²) in [7, 11) is 3.18. The van der Waals surface area contributed by atoms with Crippen molar-refractivity contribution in [1.29, 1.82) is 0 Å². The van der Waals surface area contributed by atoms with Gasteiger partial charge in [0.1, 0.15) is 11.5 Å². The first-order chi connectivity index (χ1) is 13.7. The summed E-state index contributed by atoms with van der Waals surface area (Å²) in [4.78, 5) is 0. The van der Waals surface area contributed by atoms with Gasteiger partial charge in [0, 0.05) is 11.3 Å². The zero-order chi connectivity index (χ0) is 19.8. The number of hydrogen-bond donors (Lipinski definition) is 0. The molecule has 0 saturated carbocycles. The minimum Gasteiger partial charge on any atom is -0.494 e. The predicted molar refractivity (Wildman–Crippen MR) is 107 cm³/mol. The van der Waals surface area contributed by atoms with Crippen LogP contribution in [0.5, 0.6) is 23.0 Å². The van der Waals surface area contributed by atoms with Gasteiger partial charge in [-0.1, -0.05) is 11.8 Å². The first-order valence-electron chi connectivity index (χ1n) is 8.78. The third kappa shape index (κ3) is 5.10. The van der Waals surface area contributed by atoms with E-state index in [1.54, 1.807) is 26.4 Å². The standard InChI is InChI=1S/C20H22N2O5S/c1-4-25-15-6-8-16(9-7-15)26-11-12-28-20-22-21-19(27-20)14-5-10-17(23-2)18(13-14)24-3/h5-10,13H,4,11-12H2,1-3H3. The van der Waals surface area contributed by atoms with Crippen molar-refractivity contribution in [2.24, 2.45) is 0 Å². The van der Waals surface area contributed by atoms with E-state index in [1.807, 2.05) is 37.3 Å². The Labute approximate surface area is 168 Å². The molecule has 3 rings (SSSR count). The molecule has 148 valence electrons. The lowest BCUT2D eigenvalue weighted by Gasteiger charge is -2.07. The second-order valence-electron chi connectivity index (χ2n) is 5.54. The molecular formula is C20H22N2O5S. The first-order valence-corrected chi connectivity index (χ1v) is 9.76. The number of ether oxygens (including phenoxy) is 4. The summed E-state index contributed by atoms with van der Waals surface area (Å²) < 4.78 is 27.4. The molecule has 28 heavy (non-hydrogen) atoms. The highest BCUT2D eigenvalue weighted by molar-refractivity contribution is 7.99. The Balaban J connectivity index is 1.51. The molecule has 7 nitrogen and oxygen atoms in total. The molecule has 1 aromatic heterocycles. The van der Waals surface area contributed by atoms with Crippen LogP contribution in [-0.4, -0.2) is 43.4 Å². The maximum Gasteiger partial charge on any atom is 0.276 e. The lowest BCUT2D eigenvalue weighted by Crippen LogP contribution is -2.00. The maximum absolute atomic E-state index is 5.71. The van der Waals surface area contributed by atoms with Crippen LogP contribution in [-0.2, 0) is 0 Å². The summed E-state index contributed by atoms with van der Waals surface area (Å²) in [5.41, 5.74) is 0.766. The van der Waals surface area contributed by atoms with Crippen molar-refractivity contribution in [3.63, 3.8) is 0 Å². The number of benzene rings is 2. The number of hydrogen-bond acceptors (Lipinski definition) is 8. The van der Waals surface area contributed by atoms with E-state index >= 15 is 0 Å². The molecule has 0 aliphatic carbocycles. The molecule has 0 N–H and O–H groups in total. The van der Waals surface area contributed by atoms with E-state index in [1.165, 1.54) is 11.8 Å². The molecule has 0 saturated heterocycles. The van der Waals surface area contributed by atoms with Crippen LogP contribution in [0.2, 0.25) is 0 Å². The Hall–Kier alpha value is -2.87. The number of methoxy groups -OCH3 is 2. The number of rotatable bonds is 10. The van der Waals surface area contributed by atoms with Crippen LogP contribution in [0.25, 0.3) is 11.5 Å². The molecule has 0 spiro atoms. The zero-order valence-electron chi connectivity index (χ0n) is 16.0. The molecule has 8 heteroatoms. The summed E-state index contributed by atoms with van der Waals surface area (Å²) in [6.45, 7) is 3.12. The van der Waals surface area contributed by atoms with Crippen molar-refractivity contribution >= 4 is 11.8 Å². The fourth-order valence-corrected chi connectivity index (χ4v) is 3.02. The van der Waals surface area contributed by atoms with Gasteiger partial charge in [0.25, 0.3) is 5.22 Å². The van der Waals surface area contributed by atoms with Crippen LogP contribution in [0, 0.1) is 0 Å². The van der Waals surface area contributed by atoms with Crippen LogP contribution >= 0.6 is 11.8 Å². The van der Waals surface area contributed by atoms with Crippen LogP contribution in [0.4, 0.5) is 0 Å². The number of aromatic nitrogens is 2. The predicted octanol–water partition coefficient (Wildman–Crippen LogP) is 4.32. The SMILES string of the molecule is CCOc1ccc(OCCSc2nnc(-c3ccc(OC)c(OC)c3)o2)cc1. The van der Waals surface area contributed by atoms with Crippen LogP contribution < -0.4 is 18.9 Å². The molecular weight excluding hydrogens is 380 g/mol. The van der Waals surface area contributed by atoms with Crippen LogP contribution in [0.3, 0.4) is 0 Å². The van der Waals surface area contributed by atoms with E-state index in [-0.39, 0.29) is 0 Å². The lowest BCUT2D eigenvalue weighted by atomic mass is 10.2. The lowest BCUT2D eigenvalue weighted by molar-refractivity contribution is 0.332. The van der Waals surface area contributed by atoms with Gasteiger partial charge in [-0.15, -0.1) is 10.2 Å². The number of thioether (sulfide) groups is 1. The third-order valence-corrected chi connectivity index (χ3v) is 4.53. The van der Waals surface area contributed by atoms with Crippen molar-refractivity contribution in [3.8, 4) is 34.5 Å². The van der Waals surface area contributed by atoms with E-state index in [4.69, 9.17) is 23.4 Å². The molecule has 0 unspecified atom stereocenters. The molecule has 1 heterocycles. The smallest absolute Gasteiger partial charge is 0.276 e. The van der Waals surface area contributed by atoms with Gasteiger partial charge in [-0.05, 0) is 49.4 Å². The van der Waals surface area contributed by atoms with Gasteiger partial charge in [-0.3, -0.25) is 0 Å². The first kappa shape index (κ1) is 19.9. The quantitative estimate of drug-likeness (QED) is 0.366. The fraction of sp³-hybridized carbons (Fsp3) is 0.300. The zero-order valence-corrected chi connectivity index (χ0v) is 16.8. The maximum atomic E-state index is 5.71. The highest BCUT2D eigenvalue weighted by Gasteiger charge is 2.12. The molecule has 0 amide bonds. The fourth-order valence-electron chi connectivity index (χ4n) is 2.44. The molecule has 0 aliphatic heterocycles. The normalized spacial score (nSPS) is 10.5. The molecule has 0 fully saturated rings. The van der Waals surface area contributed by atoms with Gasteiger partial charge < -0.3 is 23.4 Å². The number of nitrogens with zero attached hydrogens (tertiary/aromatic N) is 2. The van der Waals surface area contributed by atoms with Crippen molar-refractivity contribution in [3.05, 3.63) is 42.5 Å². The van der Waals surface area contributed by atoms with Gasteiger partial charge in [0.2, 0.25) is 5.89 Å². The van der Waals surface area contributed by atoms with Gasteiger partial charge in [-0.2, -0.15) is 0 Å². The highest BCUT2D eigenvalue weighted by Crippen LogP contribution is 2.32. The minimum atomic E-state index is 0.427. The van der Waals surface area contributed by atoms with Crippen molar-refractivity contribution in [2.45, 2.75) is 12.1 Å². The Bertz CT molecular complexity index is 883. The van der Waals surface area contributed by atoms with Crippen LogP contribution in [0.15, 0.2) is 52.1 Å². The van der Waals surface area contributed by atoms with Gasteiger partial charge in [0.15, 0.2) is 11.5 Å². The van der Waals surface area contributed by atoms with Crippen molar-refractivity contribution in [2.75, 3.05) is 33.2 Å². The molecule has 3 aromatic rings. The van der Waals surface area contributed by atoms with Gasteiger partial charge >= 0.3 is 0 Å². The summed E-state index contributed by atoms with van der Waals surface area (Å²) in [5, 5.41) is 8.65. The molecule has 0 bridgehead atoms.